The minimum Gasteiger partial charge on any atom is -0.368 e. The molecule has 1 aliphatic heterocycles. The van der Waals surface area contributed by atoms with Crippen LogP contribution in [-0.2, 0) is 0 Å². The Kier molecular flexibility index (Phi) is 3.31. The highest BCUT2D eigenvalue weighted by Crippen LogP contribution is 2.31. The topological polar surface area (TPSA) is 27.0 Å². The van der Waals surface area contributed by atoms with Gasteiger partial charge in [0.15, 0.2) is 0 Å². The summed E-state index contributed by atoms with van der Waals surface area (Å²) in [6.07, 6.45) is 1.56. The number of piperidine rings is 1. The molecule has 0 bridgehead atoms. The number of benzene rings is 1. The van der Waals surface area contributed by atoms with Crippen molar-refractivity contribution >= 4 is 17.3 Å². The van der Waals surface area contributed by atoms with Crippen molar-refractivity contribution in [2.75, 3.05) is 18.0 Å². The van der Waals surface area contributed by atoms with Gasteiger partial charge in [0.05, 0.1) is 16.8 Å². The first-order valence-corrected chi connectivity index (χ1v) is 5.68. The monoisotopic (exact) mass is 238 g/mol. The first kappa shape index (κ1) is 11.2. The summed E-state index contributed by atoms with van der Waals surface area (Å²) in [4.78, 5) is 1.92. The fourth-order valence-corrected chi connectivity index (χ4v) is 2.31. The first-order valence-electron chi connectivity index (χ1n) is 5.31. The lowest BCUT2D eigenvalue weighted by molar-refractivity contribution is 0.481. The lowest BCUT2D eigenvalue weighted by Crippen LogP contribution is -2.34. The largest absolute Gasteiger partial charge is 0.368 e. The molecule has 4 heteroatoms. The molecule has 0 amide bonds. The number of halogens is 2. The molecule has 0 spiro atoms. The van der Waals surface area contributed by atoms with Crippen LogP contribution in [0.15, 0.2) is 18.2 Å². The maximum Gasteiger partial charge on any atom is 0.148 e. The molecule has 2 rings (SSSR count). The van der Waals surface area contributed by atoms with E-state index < -0.39 is 0 Å². The number of rotatable bonds is 1. The zero-order valence-corrected chi connectivity index (χ0v) is 9.54. The highest BCUT2D eigenvalue weighted by Gasteiger charge is 2.22. The van der Waals surface area contributed by atoms with E-state index >= 15 is 0 Å². The number of para-hydroxylation sites is 1. The van der Waals surface area contributed by atoms with Crippen molar-refractivity contribution in [1.29, 1.82) is 5.26 Å². The Labute approximate surface area is 99.2 Å². The van der Waals surface area contributed by atoms with Gasteiger partial charge in [-0.05, 0) is 25.0 Å². The molecular formula is C12H12ClFN2. The molecule has 1 saturated heterocycles. The van der Waals surface area contributed by atoms with Crippen LogP contribution in [-0.4, -0.2) is 13.1 Å². The molecule has 0 saturated carbocycles. The summed E-state index contributed by atoms with van der Waals surface area (Å²) in [6.45, 7) is 1.39. The van der Waals surface area contributed by atoms with Crippen molar-refractivity contribution in [2.45, 2.75) is 12.8 Å². The summed E-state index contributed by atoms with van der Waals surface area (Å²) in [6, 6.07) is 6.96. The van der Waals surface area contributed by atoms with E-state index in [4.69, 9.17) is 16.9 Å². The average molecular weight is 239 g/mol. The van der Waals surface area contributed by atoms with Crippen molar-refractivity contribution in [3.63, 3.8) is 0 Å². The molecule has 0 unspecified atom stereocenters. The molecule has 0 aliphatic carbocycles. The third-order valence-electron chi connectivity index (χ3n) is 2.93. The van der Waals surface area contributed by atoms with Gasteiger partial charge in [0.1, 0.15) is 5.82 Å². The van der Waals surface area contributed by atoms with Crippen molar-refractivity contribution in [3.8, 4) is 6.07 Å². The number of hydrogen-bond acceptors (Lipinski definition) is 2. The van der Waals surface area contributed by atoms with Crippen LogP contribution in [0.1, 0.15) is 12.8 Å². The number of nitrogens with zero attached hydrogens (tertiary/aromatic N) is 2. The van der Waals surface area contributed by atoms with Crippen molar-refractivity contribution in [2.24, 2.45) is 5.92 Å². The molecular weight excluding hydrogens is 227 g/mol. The summed E-state index contributed by atoms with van der Waals surface area (Å²) in [5.74, 6) is -0.190. The molecule has 1 heterocycles. The second kappa shape index (κ2) is 4.71. The van der Waals surface area contributed by atoms with Crippen molar-refractivity contribution in [3.05, 3.63) is 29.0 Å². The van der Waals surface area contributed by atoms with E-state index in [9.17, 15) is 4.39 Å². The molecule has 1 fully saturated rings. The third kappa shape index (κ3) is 2.12. The zero-order chi connectivity index (χ0) is 11.5. The minimum atomic E-state index is -0.289. The van der Waals surface area contributed by atoms with Crippen LogP contribution < -0.4 is 4.90 Å². The van der Waals surface area contributed by atoms with Gasteiger partial charge in [0, 0.05) is 19.0 Å². The summed E-state index contributed by atoms with van der Waals surface area (Å²) in [5, 5.41) is 9.23. The van der Waals surface area contributed by atoms with Gasteiger partial charge in [-0.1, -0.05) is 17.7 Å². The molecule has 2 nitrogen and oxygen atoms in total. The quantitative estimate of drug-likeness (QED) is 0.751. The highest BCUT2D eigenvalue weighted by molar-refractivity contribution is 6.33. The van der Waals surface area contributed by atoms with Crippen LogP contribution in [0.5, 0.6) is 0 Å². The smallest absolute Gasteiger partial charge is 0.148 e. The molecule has 1 aromatic carbocycles. The predicted molar refractivity (Wildman–Crippen MR) is 62.0 cm³/mol. The van der Waals surface area contributed by atoms with Gasteiger partial charge < -0.3 is 4.90 Å². The number of hydrogen-bond donors (Lipinski definition) is 0. The normalized spacial score (nSPS) is 17.2. The SMILES string of the molecule is N#CC1CCN(c2c(F)cccc2Cl)CC1. The molecule has 0 aromatic heterocycles. The Hall–Kier alpha value is -1.27. The molecule has 1 aliphatic rings. The van der Waals surface area contributed by atoms with E-state index in [2.05, 4.69) is 6.07 Å². The Bertz CT molecular complexity index is 399. The minimum absolute atomic E-state index is 0.0989. The van der Waals surface area contributed by atoms with Crippen molar-refractivity contribution in [1.82, 2.24) is 0 Å². The van der Waals surface area contributed by atoms with E-state index in [1.54, 1.807) is 12.1 Å². The van der Waals surface area contributed by atoms with Crippen LogP contribution in [0.3, 0.4) is 0 Å². The maximum atomic E-state index is 13.6. The van der Waals surface area contributed by atoms with Gasteiger partial charge >= 0.3 is 0 Å². The fourth-order valence-electron chi connectivity index (χ4n) is 2.02. The first-order chi connectivity index (χ1) is 7.72. The number of anilines is 1. The Morgan fingerprint density at radius 1 is 1.38 bits per heavy atom. The molecule has 0 atom stereocenters. The molecule has 84 valence electrons. The van der Waals surface area contributed by atoms with Crippen LogP contribution in [0.25, 0.3) is 0 Å². The maximum absolute atomic E-state index is 13.6. The van der Waals surface area contributed by atoms with Crippen LogP contribution in [0, 0.1) is 23.1 Å². The Morgan fingerprint density at radius 2 is 2.06 bits per heavy atom. The molecule has 16 heavy (non-hydrogen) atoms. The van der Waals surface area contributed by atoms with E-state index in [1.165, 1.54) is 6.07 Å². The lowest BCUT2D eigenvalue weighted by atomic mass is 9.98. The Morgan fingerprint density at radius 3 is 2.62 bits per heavy atom. The van der Waals surface area contributed by atoms with Crippen LogP contribution >= 0.6 is 11.6 Å². The van der Waals surface area contributed by atoms with E-state index in [1.807, 2.05) is 4.90 Å². The predicted octanol–water partition coefficient (Wildman–Crippen LogP) is 3.22. The van der Waals surface area contributed by atoms with Gasteiger partial charge in [-0.3, -0.25) is 0 Å². The summed E-state index contributed by atoms with van der Waals surface area (Å²) < 4.78 is 13.6. The lowest BCUT2D eigenvalue weighted by Gasteiger charge is -2.31. The van der Waals surface area contributed by atoms with Crippen molar-refractivity contribution < 1.29 is 4.39 Å². The summed E-state index contributed by atoms with van der Waals surface area (Å²) in [5.41, 5.74) is 0.473. The van der Waals surface area contributed by atoms with Gasteiger partial charge in [-0.15, -0.1) is 0 Å². The van der Waals surface area contributed by atoms with Gasteiger partial charge in [0.25, 0.3) is 0 Å². The molecule has 0 N–H and O–H groups in total. The van der Waals surface area contributed by atoms with Crippen LogP contribution in [0.2, 0.25) is 5.02 Å². The van der Waals surface area contributed by atoms with Gasteiger partial charge in [-0.2, -0.15) is 5.26 Å². The standard InChI is InChI=1S/C12H12ClFN2/c13-10-2-1-3-11(14)12(10)16-6-4-9(8-15)5-7-16/h1-3,9H,4-7H2. The molecule has 0 radical (unpaired) electrons. The second-order valence-electron chi connectivity index (χ2n) is 3.96. The number of nitriles is 1. The molecule has 1 aromatic rings. The fraction of sp³-hybridized carbons (Fsp3) is 0.417. The Balaban J connectivity index is 2.18. The second-order valence-corrected chi connectivity index (χ2v) is 4.37. The van der Waals surface area contributed by atoms with E-state index in [0.717, 1.165) is 12.8 Å². The summed E-state index contributed by atoms with van der Waals surface area (Å²) in [7, 11) is 0. The highest BCUT2D eigenvalue weighted by atomic mass is 35.5. The van der Waals surface area contributed by atoms with Crippen LogP contribution in [0.4, 0.5) is 10.1 Å². The average Bonchev–Trinajstić information content (AvgIpc) is 2.30. The van der Waals surface area contributed by atoms with Gasteiger partial charge in [0.2, 0.25) is 0 Å². The van der Waals surface area contributed by atoms with E-state index in [-0.39, 0.29) is 11.7 Å². The zero-order valence-electron chi connectivity index (χ0n) is 8.79. The van der Waals surface area contributed by atoms with E-state index in [0.29, 0.717) is 23.8 Å². The summed E-state index contributed by atoms with van der Waals surface area (Å²) >= 11 is 5.99. The third-order valence-corrected chi connectivity index (χ3v) is 3.24. The van der Waals surface area contributed by atoms with Gasteiger partial charge in [-0.25, -0.2) is 4.39 Å².